The van der Waals surface area contributed by atoms with Crippen LogP contribution in [0.25, 0.3) is 0 Å². The van der Waals surface area contributed by atoms with Crippen LogP contribution in [0.2, 0.25) is 0 Å². The molecule has 0 saturated carbocycles. The molecule has 112 valence electrons. The van der Waals surface area contributed by atoms with Crippen LogP contribution in [0.5, 0.6) is 0 Å². The predicted molar refractivity (Wildman–Crippen MR) is 86.8 cm³/mol. The summed E-state index contributed by atoms with van der Waals surface area (Å²) in [5.41, 5.74) is 2.71. The number of nitrogens with one attached hydrogen (secondary N) is 1. The minimum atomic E-state index is -0.658. The number of hydrogen-bond acceptors (Lipinski definition) is 3. The largest absolute Gasteiger partial charge is 0.387 e. The number of hydrogen-bond donors (Lipinski definition) is 2. The second kappa shape index (κ2) is 6.41. The van der Waals surface area contributed by atoms with Crippen molar-refractivity contribution in [3.05, 3.63) is 57.8 Å². The zero-order valence-electron chi connectivity index (χ0n) is 12.6. The molecule has 2 rings (SSSR count). The van der Waals surface area contributed by atoms with Gasteiger partial charge in [0.15, 0.2) is 0 Å². The van der Waals surface area contributed by atoms with Crippen LogP contribution in [0, 0.1) is 0 Å². The van der Waals surface area contributed by atoms with Gasteiger partial charge in [-0.3, -0.25) is 4.79 Å². The zero-order valence-corrected chi connectivity index (χ0v) is 13.4. The van der Waals surface area contributed by atoms with Crippen LogP contribution in [0.1, 0.15) is 48.4 Å². The van der Waals surface area contributed by atoms with Gasteiger partial charge in [-0.25, -0.2) is 0 Å². The van der Waals surface area contributed by atoms with Gasteiger partial charge in [0.2, 0.25) is 0 Å². The number of aliphatic hydroxyl groups is 1. The van der Waals surface area contributed by atoms with Gasteiger partial charge in [0, 0.05) is 12.1 Å². The number of aliphatic hydroxyl groups excluding tert-OH is 1. The highest BCUT2D eigenvalue weighted by Gasteiger charge is 2.15. The molecule has 1 atom stereocenters. The average Bonchev–Trinajstić information content (AvgIpc) is 2.98. The molecular weight excluding hydrogens is 282 g/mol. The number of thiophene rings is 1. The third-order valence-corrected chi connectivity index (χ3v) is 4.10. The standard InChI is InChI=1S/C17H21NO2S/c1-17(2,3)14-6-4-12(5-7-14)16(20)18-10-15(19)13-8-9-21-11-13/h4-9,11,15,19H,10H2,1-3H3,(H,18,20). The van der Waals surface area contributed by atoms with Crippen LogP contribution in [0.4, 0.5) is 0 Å². The average molecular weight is 303 g/mol. The molecule has 0 aliphatic carbocycles. The fraction of sp³-hybridized carbons (Fsp3) is 0.353. The van der Waals surface area contributed by atoms with Gasteiger partial charge >= 0.3 is 0 Å². The number of amides is 1. The fourth-order valence-corrected chi connectivity index (χ4v) is 2.70. The van der Waals surface area contributed by atoms with Gasteiger partial charge in [-0.2, -0.15) is 11.3 Å². The van der Waals surface area contributed by atoms with Crippen molar-refractivity contribution in [2.45, 2.75) is 32.3 Å². The predicted octanol–water partition coefficient (Wildman–Crippen LogP) is 3.51. The smallest absolute Gasteiger partial charge is 0.251 e. The molecule has 0 aliphatic heterocycles. The summed E-state index contributed by atoms with van der Waals surface area (Å²) in [6, 6.07) is 9.47. The molecule has 1 amide bonds. The fourth-order valence-electron chi connectivity index (χ4n) is 2.00. The number of benzene rings is 1. The molecule has 0 aliphatic rings. The minimum absolute atomic E-state index is 0.0736. The molecule has 1 unspecified atom stereocenters. The summed E-state index contributed by atoms with van der Waals surface area (Å²) >= 11 is 1.53. The molecule has 1 heterocycles. The molecule has 0 spiro atoms. The monoisotopic (exact) mass is 303 g/mol. The van der Waals surface area contributed by atoms with E-state index in [2.05, 4.69) is 26.1 Å². The van der Waals surface area contributed by atoms with Crippen molar-refractivity contribution in [1.82, 2.24) is 5.32 Å². The number of rotatable bonds is 4. The molecule has 2 N–H and O–H groups in total. The van der Waals surface area contributed by atoms with Crippen LogP contribution >= 0.6 is 11.3 Å². The molecule has 0 fully saturated rings. The highest BCUT2D eigenvalue weighted by molar-refractivity contribution is 7.07. The van der Waals surface area contributed by atoms with Crippen LogP contribution in [-0.2, 0) is 5.41 Å². The number of carbonyl (C=O) groups is 1. The molecular formula is C17H21NO2S. The first-order valence-electron chi connectivity index (χ1n) is 6.97. The summed E-state index contributed by atoms with van der Waals surface area (Å²) < 4.78 is 0. The van der Waals surface area contributed by atoms with Gasteiger partial charge in [0.1, 0.15) is 0 Å². The maximum atomic E-state index is 12.1. The maximum Gasteiger partial charge on any atom is 0.251 e. The van der Waals surface area contributed by atoms with Crippen molar-refractivity contribution in [2.24, 2.45) is 0 Å². The Hall–Kier alpha value is -1.65. The summed E-state index contributed by atoms with van der Waals surface area (Å²) in [4.78, 5) is 12.1. The van der Waals surface area contributed by atoms with Crippen LogP contribution < -0.4 is 5.32 Å². The Bertz CT molecular complexity index is 582. The Balaban J connectivity index is 1.94. The van der Waals surface area contributed by atoms with E-state index in [4.69, 9.17) is 0 Å². The molecule has 2 aromatic rings. The molecule has 21 heavy (non-hydrogen) atoms. The van der Waals surface area contributed by atoms with Crippen LogP contribution in [0.15, 0.2) is 41.1 Å². The summed E-state index contributed by atoms with van der Waals surface area (Å²) in [6.45, 7) is 6.63. The SMILES string of the molecule is CC(C)(C)c1ccc(C(=O)NCC(O)c2ccsc2)cc1. The summed E-state index contributed by atoms with van der Waals surface area (Å²) in [5.74, 6) is -0.162. The summed E-state index contributed by atoms with van der Waals surface area (Å²) in [6.07, 6.45) is -0.658. The van der Waals surface area contributed by atoms with E-state index in [-0.39, 0.29) is 17.9 Å². The molecule has 0 radical (unpaired) electrons. The second-order valence-corrected chi connectivity index (χ2v) is 6.89. The topological polar surface area (TPSA) is 49.3 Å². The highest BCUT2D eigenvalue weighted by atomic mass is 32.1. The van der Waals surface area contributed by atoms with Gasteiger partial charge < -0.3 is 10.4 Å². The van der Waals surface area contributed by atoms with Crippen molar-refractivity contribution in [1.29, 1.82) is 0 Å². The van der Waals surface area contributed by atoms with Crippen molar-refractivity contribution >= 4 is 17.2 Å². The number of carbonyl (C=O) groups excluding carboxylic acids is 1. The van der Waals surface area contributed by atoms with E-state index < -0.39 is 6.10 Å². The zero-order chi connectivity index (χ0) is 15.5. The van der Waals surface area contributed by atoms with E-state index in [9.17, 15) is 9.90 Å². The first-order chi connectivity index (χ1) is 9.88. The van der Waals surface area contributed by atoms with Crippen LogP contribution in [-0.4, -0.2) is 17.6 Å². The van der Waals surface area contributed by atoms with E-state index >= 15 is 0 Å². The second-order valence-electron chi connectivity index (χ2n) is 6.11. The lowest BCUT2D eigenvalue weighted by molar-refractivity contribution is 0.0916. The third-order valence-electron chi connectivity index (χ3n) is 3.40. The normalized spacial score (nSPS) is 13.0. The Morgan fingerprint density at radius 3 is 2.43 bits per heavy atom. The first kappa shape index (κ1) is 15.7. The van der Waals surface area contributed by atoms with Crippen molar-refractivity contribution < 1.29 is 9.90 Å². The van der Waals surface area contributed by atoms with Crippen molar-refractivity contribution in [2.75, 3.05) is 6.54 Å². The maximum absolute atomic E-state index is 12.1. The van der Waals surface area contributed by atoms with E-state index in [0.717, 1.165) is 5.56 Å². The molecule has 0 bridgehead atoms. The first-order valence-corrected chi connectivity index (χ1v) is 7.91. The molecule has 1 aromatic heterocycles. The van der Waals surface area contributed by atoms with Gasteiger partial charge in [0.25, 0.3) is 5.91 Å². The van der Waals surface area contributed by atoms with Gasteiger partial charge in [-0.05, 0) is 45.5 Å². The van der Waals surface area contributed by atoms with Gasteiger partial charge in [-0.15, -0.1) is 0 Å². The third kappa shape index (κ3) is 4.16. The lowest BCUT2D eigenvalue weighted by atomic mass is 9.87. The van der Waals surface area contributed by atoms with Gasteiger partial charge in [0.05, 0.1) is 6.10 Å². The lowest BCUT2D eigenvalue weighted by Gasteiger charge is -2.19. The van der Waals surface area contributed by atoms with E-state index in [1.165, 1.54) is 16.9 Å². The van der Waals surface area contributed by atoms with E-state index in [1.54, 1.807) is 0 Å². The van der Waals surface area contributed by atoms with Crippen LogP contribution in [0.3, 0.4) is 0 Å². The Kier molecular flexibility index (Phi) is 4.80. The van der Waals surface area contributed by atoms with Crippen molar-refractivity contribution in [3.8, 4) is 0 Å². The Labute approximate surface area is 129 Å². The lowest BCUT2D eigenvalue weighted by Crippen LogP contribution is -2.28. The summed E-state index contributed by atoms with van der Waals surface area (Å²) in [7, 11) is 0. The Morgan fingerprint density at radius 2 is 1.90 bits per heavy atom. The quantitative estimate of drug-likeness (QED) is 0.908. The van der Waals surface area contributed by atoms with E-state index in [1.807, 2.05) is 41.1 Å². The Morgan fingerprint density at radius 1 is 1.24 bits per heavy atom. The molecule has 0 saturated heterocycles. The molecule has 3 nitrogen and oxygen atoms in total. The van der Waals surface area contributed by atoms with Crippen molar-refractivity contribution in [3.63, 3.8) is 0 Å². The summed E-state index contributed by atoms with van der Waals surface area (Å²) in [5, 5.41) is 16.5. The highest BCUT2D eigenvalue weighted by Crippen LogP contribution is 2.22. The van der Waals surface area contributed by atoms with E-state index in [0.29, 0.717) is 5.56 Å². The molecule has 1 aromatic carbocycles. The molecule has 4 heteroatoms. The minimum Gasteiger partial charge on any atom is -0.387 e. The van der Waals surface area contributed by atoms with Gasteiger partial charge in [-0.1, -0.05) is 32.9 Å².